The smallest absolute Gasteiger partial charge is 0.411 e. The molecule has 1 amide bonds. The number of nitrogens with zero attached hydrogens (tertiary/aromatic N) is 1. The van der Waals surface area contributed by atoms with Crippen molar-refractivity contribution in [1.29, 1.82) is 0 Å². The molecule has 8 heteroatoms. The number of carbonyl (C=O) groups is 1. The number of carbonyl (C=O) groups excluding carboxylic acids is 1. The van der Waals surface area contributed by atoms with Crippen molar-refractivity contribution < 1.29 is 23.2 Å². The van der Waals surface area contributed by atoms with Gasteiger partial charge in [0.1, 0.15) is 5.82 Å². The van der Waals surface area contributed by atoms with Gasteiger partial charge in [0.15, 0.2) is 11.5 Å². The number of amides is 1. The summed E-state index contributed by atoms with van der Waals surface area (Å²) in [7, 11) is 1.00. The highest BCUT2D eigenvalue weighted by molar-refractivity contribution is 5.87. The SMILES string of the molecule is COC(=O)Nc1c(F)cc(F)cc1[N+](=O)[O-]. The summed E-state index contributed by atoms with van der Waals surface area (Å²) in [6.45, 7) is 0. The molecule has 86 valence electrons. The van der Waals surface area contributed by atoms with E-state index in [0.717, 1.165) is 7.11 Å². The Bertz CT molecular complexity index is 450. The average molecular weight is 232 g/mol. The lowest BCUT2D eigenvalue weighted by Gasteiger charge is -2.05. The van der Waals surface area contributed by atoms with Crippen LogP contribution in [0, 0.1) is 21.7 Å². The molecule has 0 atom stereocenters. The number of nitrogens with one attached hydrogen (secondary N) is 1. The van der Waals surface area contributed by atoms with Gasteiger partial charge in [-0.1, -0.05) is 0 Å². The number of anilines is 1. The van der Waals surface area contributed by atoms with Crippen LogP contribution >= 0.6 is 0 Å². The summed E-state index contributed by atoms with van der Waals surface area (Å²) < 4.78 is 30.0. The summed E-state index contributed by atoms with van der Waals surface area (Å²) in [6.07, 6.45) is -1.09. The molecule has 0 saturated heterocycles. The highest BCUT2D eigenvalue weighted by Crippen LogP contribution is 2.28. The van der Waals surface area contributed by atoms with Crippen LogP contribution in [0.4, 0.5) is 25.0 Å². The number of nitro benzene ring substituents is 1. The van der Waals surface area contributed by atoms with Crippen molar-refractivity contribution in [2.75, 3.05) is 12.4 Å². The molecule has 0 saturated carbocycles. The molecule has 0 radical (unpaired) electrons. The van der Waals surface area contributed by atoms with Gasteiger partial charge in [-0.2, -0.15) is 0 Å². The first-order chi connectivity index (χ1) is 7.45. The molecule has 0 bridgehead atoms. The van der Waals surface area contributed by atoms with Crippen LogP contribution in [-0.2, 0) is 4.74 Å². The Labute approximate surface area is 88.0 Å². The van der Waals surface area contributed by atoms with E-state index >= 15 is 0 Å². The van der Waals surface area contributed by atoms with E-state index in [2.05, 4.69) is 4.74 Å². The van der Waals surface area contributed by atoms with E-state index < -0.39 is 34.0 Å². The van der Waals surface area contributed by atoms with Crippen LogP contribution in [0.5, 0.6) is 0 Å². The predicted octanol–water partition coefficient (Wildman–Crippen LogP) is 2.05. The average Bonchev–Trinajstić information content (AvgIpc) is 2.20. The van der Waals surface area contributed by atoms with Gasteiger partial charge in [-0.25, -0.2) is 13.6 Å². The van der Waals surface area contributed by atoms with E-state index in [4.69, 9.17) is 0 Å². The molecule has 0 aliphatic carbocycles. The largest absolute Gasteiger partial charge is 0.453 e. The zero-order valence-electron chi connectivity index (χ0n) is 7.99. The number of halogens is 2. The van der Waals surface area contributed by atoms with Crippen LogP contribution in [0.3, 0.4) is 0 Å². The van der Waals surface area contributed by atoms with Crippen LogP contribution in [0.25, 0.3) is 0 Å². The van der Waals surface area contributed by atoms with Gasteiger partial charge < -0.3 is 4.74 Å². The quantitative estimate of drug-likeness (QED) is 0.624. The van der Waals surface area contributed by atoms with Gasteiger partial charge in [0, 0.05) is 6.07 Å². The summed E-state index contributed by atoms with van der Waals surface area (Å²) in [6, 6.07) is 0.909. The van der Waals surface area contributed by atoms with E-state index in [1.807, 2.05) is 0 Å². The standard InChI is InChI=1S/C8H6F2N2O4/c1-16-8(13)11-7-5(10)2-4(9)3-6(7)12(14)15/h2-3H,1H3,(H,11,13). The van der Waals surface area contributed by atoms with Crippen molar-refractivity contribution in [3.63, 3.8) is 0 Å². The van der Waals surface area contributed by atoms with Crippen LogP contribution in [0.15, 0.2) is 12.1 Å². The first-order valence-corrected chi connectivity index (χ1v) is 3.94. The van der Waals surface area contributed by atoms with Gasteiger partial charge in [0.05, 0.1) is 18.1 Å². The van der Waals surface area contributed by atoms with Gasteiger partial charge in [0.25, 0.3) is 5.69 Å². The van der Waals surface area contributed by atoms with Gasteiger partial charge in [-0.05, 0) is 0 Å². The molecule has 1 N–H and O–H groups in total. The fourth-order valence-corrected chi connectivity index (χ4v) is 0.981. The Morgan fingerprint density at radius 1 is 1.50 bits per heavy atom. The maximum Gasteiger partial charge on any atom is 0.411 e. The molecule has 0 aliphatic heterocycles. The minimum atomic E-state index is -1.25. The van der Waals surface area contributed by atoms with E-state index in [9.17, 15) is 23.7 Å². The highest BCUT2D eigenvalue weighted by Gasteiger charge is 2.22. The number of rotatable bonds is 2. The number of hydrogen-bond donors (Lipinski definition) is 1. The summed E-state index contributed by atoms with van der Waals surface area (Å²) >= 11 is 0. The zero-order valence-corrected chi connectivity index (χ0v) is 7.99. The number of methoxy groups -OCH3 is 1. The van der Waals surface area contributed by atoms with Crippen molar-refractivity contribution in [3.8, 4) is 0 Å². The van der Waals surface area contributed by atoms with Crippen LogP contribution < -0.4 is 5.32 Å². The number of hydrogen-bond acceptors (Lipinski definition) is 4. The van der Waals surface area contributed by atoms with Crippen molar-refractivity contribution in [2.45, 2.75) is 0 Å². The Morgan fingerprint density at radius 2 is 2.12 bits per heavy atom. The molecule has 16 heavy (non-hydrogen) atoms. The maximum absolute atomic E-state index is 13.2. The van der Waals surface area contributed by atoms with Crippen molar-refractivity contribution in [3.05, 3.63) is 33.9 Å². The minimum Gasteiger partial charge on any atom is -0.453 e. The highest BCUT2D eigenvalue weighted by atomic mass is 19.1. The first-order valence-electron chi connectivity index (χ1n) is 3.94. The Balaban J connectivity index is 3.24. The van der Waals surface area contributed by atoms with Gasteiger partial charge in [-0.15, -0.1) is 0 Å². The normalized spacial score (nSPS) is 9.69. The molecular weight excluding hydrogens is 226 g/mol. The van der Waals surface area contributed by atoms with Crippen molar-refractivity contribution >= 4 is 17.5 Å². The van der Waals surface area contributed by atoms with E-state index in [1.165, 1.54) is 0 Å². The van der Waals surface area contributed by atoms with Crippen LogP contribution in [0.2, 0.25) is 0 Å². The molecule has 0 aliphatic rings. The molecule has 1 rings (SSSR count). The fraction of sp³-hybridized carbons (Fsp3) is 0.125. The maximum atomic E-state index is 13.2. The molecule has 0 aromatic heterocycles. The molecule has 0 unspecified atom stereocenters. The summed E-state index contributed by atoms with van der Waals surface area (Å²) in [4.78, 5) is 20.2. The Morgan fingerprint density at radius 3 is 2.62 bits per heavy atom. The third kappa shape index (κ3) is 2.41. The number of benzene rings is 1. The second kappa shape index (κ2) is 4.51. The van der Waals surface area contributed by atoms with Gasteiger partial charge in [0.2, 0.25) is 0 Å². The third-order valence-electron chi connectivity index (χ3n) is 1.64. The van der Waals surface area contributed by atoms with Crippen molar-refractivity contribution in [1.82, 2.24) is 0 Å². The fourth-order valence-electron chi connectivity index (χ4n) is 0.981. The second-order valence-electron chi connectivity index (χ2n) is 2.66. The molecular formula is C8H6F2N2O4. The lowest BCUT2D eigenvalue weighted by molar-refractivity contribution is -0.384. The van der Waals surface area contributed by atoms with E-state index in [-0.39, 0.29) is 0 Å². The Hall–Kier alpha value is -2.25. The predicted molar refractivity (Wildman–Crippen MR) is 49.0 cm³/mol. The molecule has 6 nitrogen and oxygen atoms in total. The van der Waals surface area contributed by atoms with E-state index in [0.29, 0.717) is 12.1 Å². The summed E-state index contributed by atoms with van der Waals surface area (Å²) in [5.74, 6) is -2.36. The van der Waals surface area contributed by atoms with Crippen molar-refractivity contribution in [2.24, 2.45) is 0 Å². The first kappa shape index (κ1) is 11.8. The topological polar surface area (TPSA) is 81.5 Å². The minimum absolute atomic E-state index is 0.415. The van der Waals surface area contributed by atoms with Crippen LogP contribution in [-0.4, -0.2) is 18.1 Å². The van der Waals surface area contributed by atoms with E-state index in [1.54, 1.807) is 5.32 Å². The molecule has 1 aromatic rings. The van der Waals surface area contributed by atoms with Crippen LogP contribution in [0.1, 0.15) is 0 Å². The molecule has 0 heterocycles. The third-order valence-corrected chi connectivity index (χ3v) is 1.64. The number of ether oxygens (including phenoxy) is 1. The summed E-state index contributed by atoms with van der Waals surface area (Å²) in [5.41, 5.74) is -1.62. The zero-order chi connectivity index (χ0) is 12.3. The Kier molecular flexibility index (Phi) is 3.33. The molecule has 0 spiro atoms. The lowest BCUT2D eigenvalue weighted by atomic mass is 10.2. The lowest BCUT2D eigenvalue weighted by Crippen LogP contribution is -2.14. The molecule has 1 aromatic carbocycles. The number of nitro groups is 1. The monoisotopic (exact) mass is 232 g/mol. The van der Waals surface area contributed by atoms with Gasteiger partial charge in [-0.3, -0.25) is 15.4 Å². The second-order valence-corrected chi connectivity index (χ2v) is 2.66. The van der Waals surface area contributed by atoms with Gasteiger partial charge >= 0.3 is 6.09 Å². The summed E-state index contributed by atoms with van der Waals surface area (Å²) in [5, 5.41) is 12.3. The molecule has 0 fully saturated rings.